The number of hydrogen-bond donors (Lipinski definition) is 1. The highest BCUT2D eigenvalue weighted by molar-refractivity contribution is 6.34. The maximum atomic E-state index is 13.7. The minimum absolute atomic E-state index is 0.0326. The summed E-state index contributed by atoms with van der Waals surface area (Å²) >= 11 is 6.49. The number of rotatable bonds is 7. The van der Waals surface area contributed by atoms with Crippen molar-refractivity contribution in [1.29, 1.82) is 0 Å². The molecule has 1 aliphatic carbocycles. The number of aromatic nitrogens is 2. The Morgan fingerprint density at radius 1 is 1.19 bits per heavy atom. The summed E-state index contributed by atoms with van der Waals surface area (Å²) in [6.45, 7) is 2.25. The highest BCUT2D eigenvalue weighted by atomic mass is 35.5. The quantitative estimate of drug-likeness (QED) is 0.567. The molecule has 1 N–H and O–H groups in total. The Labute approximate surface area is 190 Å². The van der Waals surface area contributed by atoms with Gasteiger partial charge in [0.2, 0.25) is 5.91 Å². The maximum Gasteiger partial charge on any atom is 0.253 e. The second-order valence-corrected chi connectivity index (χ2v) is 8.23. The van der Waals surface area contributed by atoms with Crippen molar-refractivity contribution in [2.24, 2.45) is 5.92 Å². The predicted octanol–water partition coefficient (Wildman–Crippen LogP) is 4.63. The van der Waals surface area contributed by atoms with Gasteiger partial charge >= 0.3 is 0 Å². The van der Waals surface area contributed by atoms with E-state index >= 15 is 0 Å². The number of benzene rings is 1. The second-order valence-electron chi connectivity index (χ2n) is 7.82. The average Bonchev–Trinajstić information content (AvgIpc) is 3.61. The third-order valence-electron chi connectivity index (χ3n) is 5.36. The van der Waals surface area contributed by atoms with Gasteiger partial charge in [0.15, 0.2) is 0 Å². The SMILES string of the molecule is CC(=O)N(CC1CC1)c1ccc(-c2ccc(C(=O)NCc3cnccc3F)cn2)cc1Cl. The number of halogens is 2. The van der Waals surface area contributed by atoms with E-state index < -0.39 is 5.82 Å². The summed E-state index contributed by atoms with van der Waals surface area (Å²) < 4.78 is 13.7. The lowest BCUT2D eigenvalue weighted by Crippen LogP contribution is -2.30. The van der Waals surface area contributed by atoms with Gasteiger partial charge in [0.25, 0.3) is 5.91 Å². The topological polar surface area (TPSA) is 75.2 Å². The molecule has 164 valence electrons. The van der Waals surface area contributed by atoms with Crippen LogP contribution in [0.3, 0.4) is 0 Å². The van der Waals surface area contributed by atoms with Gasteiger partial charge in [0, 0.05) is 49.7 Å². The largest absolute Gasteiger partial charge is 0.348 e. The van der Waals surface area contributed by atoms with Crippen molar-refractivity contribution in [3.05, 3.63) is 77.0 Å². The number of carbonyl (C=O) groups excluding carboxylic acids is 2. The van der Waals surface area contributed by atoms with Gasteiger partial charge in [-0.15, -0.1) is 0 Å². The molecule has 32 heavy (non-hydrogen) atoms. The van der Waals surface area contributed by atoms with Gasteiger partial charge in [-0.3, -0.25) is 19.6 Å². The normalized spacial score (nSPS) is 13.0. The van der Waals surface area contributed by atoms with Crippen molar-refractivity contribution < 1.29 is 14.0 Å². The molecule has 4 rings (SSSR count). The first kappa shape index (κ1) is 21.9. The first-order valence-electron chi connectivity index (χ1n) is 10.3. The predicted molar refractivity (Wildman–Crippen MR) is 121 cm³/mol. The number of hydrogen-bond acceptors (Lipinski definition) is 4. The van der Waals surface area contributed by atoms with Crippen molar-refractivity contribution >= 4 is 29.1 Å². The summed E-state index contributed by atoms with van der Waals surface area (Å²) in [6.07, 6.45) is 6.47. The van der Waals surface area contributed by atoms with Crippen LogP contribution in [0.2, 0.25) is 5.02 Å². The Morgan fingerprint density at radius 3 is 2.62 bits per heavy atom. The lowest BCUT2D eigenvalue weighted by molar-refractivity contribution is -0.116. The summed E-state index contributed by atoms with van der Waals surface area (Å²) in [5, 5.41) is 3.13. The monoisotopic (exact) mass is 452 g/mol. The van der Waals surface area contributed by atoms with Gasteiger partial charge in [0.05, 0.1) is 22.0 Å². The molecule has 1 fully saturated rings. The fourth-order valence-electron chi connectivity index (χ4n) is 3.36. The van der Waals surface area contributed by atoms with Gasteiger partial charge in [-0.2, -0.15) is 0 Å². The molecular formula is C24H22ClFN4O2. The summed E-state index contributed by atoms with van der Waals surface area (Å²) in [6, 6.07) is 10.1. The lowest BCUT2D eigenvalue weighted by Gasteiger charge is -2.22. The molecule has 1 aliphatic rings. The van der Waals surface area contributed by atoms with Crippen LogP contribution < -0.4 is 10.2 Å². The molecule has 0 atom stereocenters. The first-order valence-corrected chi connectivity index (χ1v) is 10.7. The first-order chi connectivity index (χ1) is 15.4. The Bertz CT molecular complexity index is 1150. The van der Waals surface area contributed by atoms with Crippen LogP contribution in [0.1, 0.15) is 35.7 Å². The maximum absolute atomic E-state index is 13.7. The number of pyridine rings is 2. The fraction of sp³-hybridized carbons (Fsp3) is 0.250. The fourth-order valence-corrected chi connectivity index (χ4v) is 3.64. The molecule has 0 radical (unpaired) electrons. The minimum atomic E-state index is -0.422. The molecule has 0 aliphatic heterocycles. The van der Waals surface area contributed by atoms with E-state index in [4.69, 9.17) is 11.6 Å². The van der Waals surface area contributed by atoms with Gasteiger partial charge in [0.1, 0.15) is 5.82 Å². The molecule has 0 unspecified atom stereocenters. The highest BCUT2D eigenvalue weighted by Gasteiger charge is 2.27. The van der Waals surface area contributed by atoms with E-state index in [1.165, 1.54) is 24.7 Å². The zero-order valence-corrected chi connectivity index (χ0v) is 18.3. The Kier molecular flexibility index (Phi) is 6.46. The Morgan fingerprint density at radius 2 is 2.00 bits per heavy atom. The van der Waals surface area contributed by atoms with Crippen LogP contribution in [-0.4, -0.2) is 28.3 Å². The third kappa shape index (κ3) is 5.11. The molecule has 8 heteroatoms. The van der Waals surface area contributed by atoms with Gasteiger partial charge in [-0.1, -0.05) is 17.7 Å². The Hall–Kier alpha value is -3.32. The van der Waals surface area contributed by atoms with E-state index in [-0.39, 0.29) is 18.4 Å². The van der Waals surface area contributed by atoms with E-state index in [0.29, 0.717) is 40.0 Å². The van der Waals surface area contributed by atoms with Crippen LogP contribution in [0.25, 0.3) is 11.3 Å². The molecule has 0 saturated heterocycles. The molecule has 2 aromatic heterocycles. The number of carbonyl (C=O) groups is 2. The summed E-state index contributed by atoms with van der Waals surface area (Å²) in [5.74, 6) is -0.275. The van der Waals surface area contributed by atoms with Gasteiger partial charge in [-0.25, -0.2) is 4.39 Å². The number of nitrogens with zero attached hydrogens (tertiary/aromatic N) is 3. The molecule has 1 saturated carbocycles. The van der Waals surface area contributed by atoms with Gasteiger partial charge < -0.3 is 10.2 Å². The number of anilines is 1. The zero-order valence-electron chi connectivity index (χ0n) is 17.5. The van der Waals surface area contributed by atoms with Crippen LogP contribution in [0.15, 0.2) is 55.0 Å². The Balaban J connectivity index is 1.45. The van der Waals surface area contributed by atoms with Crippen LogP contribution >= 0.6 is 11.6 Å². The standard InChI is InChI=1S/C24H22ClFN4O2/c1-15(31)30(14-16-2-3-16)23-7-5-17(10-20(23)25)22-6-4-18(12-28-22)24(32)29-13-19-11-27-9-8-21(19)26/h4-12,16H,2-3,13-14H2,1H3,(H,29,32). The van der Waals surface area contributed by atoms with Crippen molar-refractivity contribution in [2.75, 3.05) is 11.4 Å². The molecular weight excluding hydrogens is 431 g/mol. The molecule has 0 spiro atoms. The molecule has 3 aromatic rings. The van der Waals surface area contributed by atoms with E-state index in [1.807, 2.05) is 12.1 Å². The van der Waals surface area contributed by atoms with Crippen LogP contribution in [0.4, 0.5) is 10.1 Å². The molecule has 0 bridgehead atoms. The van der Waals surface area contributed by atoms with Crippen molar-refractivity contribution in [3.8, 4) is 11.3 Å². The van der Waals surface area contributed by atoms with Crippen molar-refractivity contribution in [3.63, 3.8) is 0 Å². The summed E-state index contributed by atoms with van der Waals surface area (Å²) in [5.41, 5.74) is 2.77. The third-order valence-corrected chi connectivity index (χ3v) is 5.66. The minimum Gasteiger partial charge on any atom is -0.348 e. The summed E-state index contributed by atoms with van der Waals surface area (Å²) in [7, 11) is 0. The van der Waals surface area contributed by atoms with Gasteiger partial charge in [-0.05, 0) is 49.1 Å². The van der Waals surface area contributed by atoms with Crippen molar-refractivity contribution in [1.82, 2.24) is 15.3 Å². The lowest BCUT2D eigenvalue weighted by atomic mass is 10.1. The average molecular weight is 453 g/mol. The number of nitrogens with one attached hydrogen (secondary N) is 1. The van der Waals surface area contributed by atoms with Crippen LogP contribution in [0.5, 0.6) is 0 Å². The second kappa shape index (κ2) is 9.44. The molecule has 2 heterocycles. The van der Waals surface area contributed by atoms with Crippen molar-refractivity contribution in [2.45, 2.75) is 26.3 Å². The summed E-state index contributed by atoms with van der Waals surface area (Å²) in [4.78, 5) is 34.4. The molecule has 1 aromatic carbocycles. The number of amides is 2. The van der Waals surface area contributed by atoms with Crippen LogP contribution in [-0.2, 0) is 11.3 Å². The van der Waals surface area contributed by atoms with E-state index in [1.54, 1.807) is 30.0 Å². The van der Waals surface area contributed by atoms with E-state index in [9.17, 15) is 14.0 Å². The smallest absolute Gasteiger partial charge is 0.253 e. The van der Waals surface area contributed by atoms with Crippen LogP contribution in [0, 0.1) is 11.7 Å². The van der Waals surface area contributed by atoms with E-state index in [2.05, 4.69) is 15.3 Å². The van der Waals surface area contributed by atoms with E-state index in [0.717, 1.165) is 18.4 Å². The molecule has 6 nitrogen and oxygen atoms in total. The highest BCUT2D eigenvalue weighted by Crippen LogP contribution is 2.35. The molecule has 2 amide bonds. The zero-order chi connectivity index (χ0) is 22.7.